The largest absolute Gasteiger partial charge is 0.327 e. The van der Waals surface area contributed by atoms with Gasteiger partial charge in [-0.1, -0.05) is 13.8 Å². The maximum Gasteiger partial charge on any atom is 0.132 e. The number of carbonyl (C=O) groups is 1. The minimum Gasteiger partial charge on any atom is -0.327 e. The summed E-state index contributed by atoms with van der Waals surface area (Å²) in [7, 11) is 0. The third kappa shape index (κ3) is 2.31. The van der Waals surface area contributed by atoms with Gasteiger partial charge in [-0.15, -0.1) is 0 Å². The lowest BCUT2D eigenvalue weighted by Crippen LogP contribution is -2.37. The first-order valence-electron chi connectivity index (χ1n) is 4.88. The summed E-state index contributed by atoms with van der Waals surface area (Å²) in [6, 6.07) is 0.290. The average Bonchev–Trinajstić information content (AvgIpc) is 2.04. The molecule has 2 N–H and O–H groups in total. The van der Waals surface area contributed by atoms with Crippen molar-refractivity contribution in [2.45, 2.75) is 45.6 Å². The zero-order valence-corrected chi connectivity index (χ0v) is 8.05. The van der Waals surface area contributed by atoms with Crippen molar-refractivity contribution in [3.63, 3.8) is 0 Å². The van der Waals surface area contributed by atoms with Crippen LogP contribution in [-0.2, 0) is 4.79 Å². The number of rotatable bonds is 2. The molecule has 1 atom stereocenters. The van der Waals surface area contributed by atoms with Crippen molar-refractivity contribution in [3.05, 3.63) is 0 Å². The number of hydrogen-bond donors (Lipinski definition) is 1. The van der Waals surface area contributed by atoms with Gasteiger partial charge in [0.1, 0.15) is 5.78 Å². The molecule has 70 valence electrons. The summed E-state index contributed by atoms with van der Waals surface area (Å²) in [6.45, 7) is 4.31. The molecule has 1 rings (SSSR count). The molecule has 2 heteroatoms. The molecule has 0 saturated heterocycles. The van der Waals surface area contributed by atoms with Gasteiger partial charge in [-0.05, 0) is 24.7 Å². The van der Waals surface area contributed by atoms with Crippen molar-refractivity contribution in [1.82, 2.24) is 0 Å². The average molecular weight is 169 g/mol. The molecule has 0 aromatic heterocycles. The second-order valence-corrected chi connectivity index (χ2v) is 4.20. The highest BCUT2D eigenvalue weighted by atomic mass is 16.1. The van der Waals surface area contributed by atoms with Gasteiger partial charge < -0.3 is 5.73 Å². The fraction of sp³-hybridized carbons (Fsp3) is 0.900. The number of nitrogens with two attached hydrogens (primary N) is 1. The molecule has 0 amide bonds. The van der Waals surface area contributed by atoms with E-state index in [0.717, 1.165) is 25.7 Å². The molecule has 1 fully saturated rings. The number of hydrogen-bond acceptors (Lipinski definition) is 2. The van der Waals surface area contributed by atoms with Gasteiger partial charge in [0.05, 0.1) is 0 Å². The van der Waals surface area contributed by atoms with E-state index in [1.807, 2.05) is 0 Å². The van der Waals surface area contributed by atoms with Gasteiger partial charge in [0.25, 0.3) is 0 Å². The Labute approximate surface area is 74.5 Å². The minimum atomic E-state index is 0.290. The van der Waals surface area contributed by atoms with E-state index < -0.39 is 0 Å². The predicted molar refractivity (Wildman–Crippen MR) is 49.8 cm³/mol. The maximum atomic E-state index is 11.0. The first-order valence-corrected chi connectivity index (χ1v) is 4.88. The van der Waals surface area contributed by atoms with E-state index in [1.165, 1.54) is 0 Å². The molecule has 0 bridgehead atoms. The Bertz CT molecular complexity index is 155. The Morgan fingerprint density at radius 1 is 1.33 bits per heavy atom. The molecular formula is C10H19NO. The predicted octanol–water partition coefficient (Wildman–Crippen LogP) is 1.73. The van der Waals surface area contributed by atoms with E-state index in [1.54, 1.807) is 0 Å². The van der Waals surface area contributed by atoms with Crippen LogP contribution in [0.3, 0.4) is 0 Å². The van der Waals surface area contributed by atoms with Crippen LogP contribution in [0.1, 0.15) is 39.5 Å². The highest BCUT2D eigenvalue weighted by Crippen LogP contribution is 2.26. The molecule has 12 heavy (non-hydrogen) atoms. The van der Waals surface area contributed by atoms with Crippen LogP contribution in [0.25, 0.3) is 0 Å². The highest BCUT2D eigenvalue weighted by Gasteiger charge is 2.25. The first-order chi connectivity index (χ1) is 5.61. The summed E-state index contributed by atoms with van der Waals surface area (Å²) < 4.78 is 0. The quantitative estimate of drug-likeness (QED) is 0.684. The van der Waals surface area contributed by atoms with E-state index in [4.69, 9.17) is 5.73 Å². The van der Waals surface area contributed by atoms with E-state index in [2.05, 4.69) is 13.8 Å². The fourth-order valence-corrected chi connectivity index (χ4v) is 1.89. The Morgan fingerprint density at radius 2 is 1.83 bits per heavy atom. The molecular weight excluding hydrogens is 150 g/mol. The van der Waals surface area contributed by atoms with Crippen LogP contribution in [-0.4, -0.2) is 11.8 Å². The third-order valence-electron chi connectivity index (χ3n) is 2.90. The number of carbonyl (C=O) groups excluding carboxylic acids is 1. The summed E-state index contributed by atoms with van der Waals surface area (Å²) in [4.78, 5) is 11.0. The van der Waals surface area contributed by atoms with Crippen molar-refractivity contribution < 1.29 is 4.79 Å². The van der Waals surface area contributed by atoms with E-state index in [0.29, 0.717) is 17.6 Å². The van der Waals surface area contributed by atoms with Crippen molar-refractivity contribution >= 4 is 5.78 Å². The summed E-state index contributed by atoms with van der Waals surface area (Å²) in [6.07, 6.45) is 3.53. The molecule has 2 nitrogen and oxygen atoms in total. The molecule has 0 radical (unpaired) electrons. The van der Waals surface area contributed by atoms with Crippen molar-refractivity contribution in [1.29, 1.82) is 0 Å². The topological polar surface area (TPSA) is 43.1 Å². The van der Waals surface area contributed by atoms with Crippen LogP contribution >= 0.6 is 0 Å². The van der Waals surface area contributed by atoms with Crippen molar-refractivity contribution in [3.8, 4) is 0 Å². The van der Waals surface area contributed by atoms with Gasteiger partial charge in [-0.25, -0.2) is 0 Å². The van der Waals surface area contributed by atoms with Gasteiger partial charge >= 0.3 is 0 Å². The molecule has 0 aliphatic heterocycles. The zero-order chi connectivity index (χ0) is 9.14. The molecule has 1 aliphatic rings. The highest BCUT2D eigenvalue weighted by molar-refractivity contribution is 5.79. The fourth-order valence-electron chi connectivity index (χ4n) is 1.89. The lowest BCUT2D eigenvalue weighted by Gasteiger charge is -2.29. The zero-order valence-electron chi connectivity index (χ0n) is 8.05. The third-order valence-corrected chi connectivity index (χ3v) is 2.90. The van der Waals surface area contributed by atoms with E-state index in [9.17, 15) is 4.79 Å². The lowest BCUT2D eigenvalue weighted by atomic mass is 9.80. The van der Waals surface area contributed by atoms with Gasteiger partial charge in [-0.2, -0.15) is 0 Å². The smallest absolute Gasteiger partial charge is 0.132 e. The summed E-state index contributed by atoms with van der Waals surface area (Å²) >= 11 is 0. The molecule has 1 unspecified atom stereocenters. The molecule has 1 aliphatic carbocycles. The van der Waals surface area contributed by atoms with Gasteiger partial charge in [0, 0.05) is 18.9 Å². The minimum absolute atomic E-state index is 0.290. The van der Waals surface area contributed by atoms with Crippen LogP contribution in [0.5, 0.6) is 0 Å². The first kappa shape index (κ1) is 9.72. The monoisotopic (exact) mass is 169 g/mol. The van der Waals surface area contributed by atoms with Crippen LogP contribution in [0.15, 0.2) is 0 Å². The molecule has 0 aromatic rings. The van der Waals surface area contributed by atoms with Crippen molar-refractivity contribution in [2.75, 3.05) is 0 Å². The van der Waals surface area contributed by atoms with E-state index >= 15 is 0 Å². The number of Topliss-reactive ketones (excluding diaryl/α,β-unsaturated/α-hetero) is 1. The van der Waals surface area contributed by atoms with Gasteiger partial charge in [-0.3, -0.25) is 4.79 Å². The summed E-state index contributed by atoms with van der Waals surface area (Å²) in [5.74, 6) is 1.55. The van der Waals surface area contributed by atoms with Gasteiger partial charge in [0.15, 0.2) is 0 Å². The SMILES string of the molecule is CC(C)C(N)C1CCC(=O)CC1. The molecule has 0 spiro atoms. The summed E-state index contributed by atoms with van der Waals surface area (Å²) in [5.41, 5.74) is 6.03. The normalized spacial score (nSPS) is 23.2. The lowest BCUT2D eigenvalue weighted by molar-refractivity contribution is -0.121. The van der Waals surface area contributed by atoms with Crippen LogP contribution in [0.2, 0.25) is 0 Å². The van der Waals surface area contributed by atoms with Crippen LogP contribution in [0.4, 0.5) is 0 Å². The van der Waals surface area contributed by atoms with E-state index in [-0.39, 0.29) is 6.04 Å². The second kappa shape index (κ2) is 4.04. The number of ketones is 1. The second-order valence-electron chi connectivity index (χ2n) is 4.20. The van der Waals surface area contributed by atoms with Crippen molar-refractivity contribution in [2.24, 2.45) is 17.6 Å². The maximum absolute atomic E-state index is 11.0. The standard InChI is InChI=1S/C10H19NO/c1-7(2)10(11)8-3-5-9(12)6-4-8/h7-8,10H,3-6,11H2,1-2H3. The molecule has 0 aromatic carbocycles. The molecule has 1 saturated carbocycles. The Hall–Kier alpha value is -0.370. The Morgan fingerprint density at radius 3 is 2.25 bits per heavy atom. The van der Waals surface area contributed by atoms with Gasteiger partial charge in [0.2, 0.25) is 0 Å². The van der Waals surface area contributed by atoms with Crippen LogP contribution < -0.4 is 5.73 Å². The summed E-state index contributed by atoms with van der Waals surface area (Å²) in [5, 5.41) is 0. The Balaban J connectivity index is 2.38. The van der Waals surface area contributed by atoms with Crippen LogP contribution in [0, 0.1) is 11.8 Å². The Kier molecular flexibility index (Phi) is 3.27. The molecule has 0 heterocycles.